The summed E-state index contributed by atoms with van der Waals surface area (Å²) >= 11 is 0. The van der Waals surface area contributed by atoms with Crippen LogP contribution in [0.4, 0.5) is 0 Å². The second kappa shape index (κ2) is 7.18. The lowest BCUT2D eigenvalue weighted by Crippen LogP contribution is -2.07. The molecule has 1 rings (SSSR count). The van der Waals surface area contributed by atoms with E-state index in [0.29, 0.717) is 12.2 Å². The number of methoxy groups -OCH3 is 1. The minimum atomic E-state index is -0.369. The Morgan fingerprint density at radius 3 is 2.56 bits per heavy atom. The van der Waals surface area contributed by atoms with Gasteiger partial charge in [0.25, 0.3) is 0 Å². The molecule has 0 aliphatic rings. The first-order valence-corrected chi connectivity index (χ1v) is 5.66. The van der Waals surface area contributed by atoms with Crippen molar-refractivity contribution in [1.82, 2.24) is 0 Å². The minimum absolute atomic E-state index is 0.255. The lowest BCUT2D eigenvalue weighted by Gasteiger charge is -2.04. The van der Waals surface area contributed by atoms with Crippen molar-refractivity contribution in [2.24, 2.45) is 0 Å². The van der Waals surface area contributed by atoms with E-state index in [1.165, 1.54) is 0 Å². The van der Waals surface area contributed by atoms with E-state index >= 15 is 0 Å². The van der Waals surface area contributed by atoms with E-state index in [2.05, 4.69) is 5.92 Å². The summed E-state index contributed by atoms with van der Waals surface area (Å²) in [6.07, 6.45) is 7.23. The molecule has 1 aromatic carbocycles. The molecule has 0 N–H and O–H groups in total. The lowest BCUT2D eigenvalue weighted by molar-refractivity contribution is -0.138. The Morgan fingerprint density at radius 2 is 2.06 bits per heavy atom. The van der Waals surface area contributed by atoms with Gasteiger partial charge in [0.1, 0.15) is 5.75 Å². The molecule has 94 valence electrons. The summed E-state index contributed by atoms with van der Waals surface area (Å²) in [4.78, 5) is 11.6. The maximum Gasteiger partial charge on any atom is 0.334 e. The number of hydrogen-bond acceptors (Lipinski definition) is 3. The van der Waals surface area contributed by atoms with E-state index in [1.54, 1.807) is 20.1 Å². The number of ether oxygens (including phenoxy) is 2. The van der Waals surface area contributed by atoms with Crippen molar-refractivity contribution in [2.75, 3.05) is 13.7 Å². The van der Waals surface area contributed by atoms with Crippen LogP contribution in [0.2, 0.25) is 0 Å². The molecule has 0 bridgehead atoms. The van der Waals surface area contributed by atoms with Crippen molar-refractivity contribution < 1.29 is 14.3 Å². The molecule has 0 heterocycles. The third kappa shape index (κ3) is 3.99. The van der Waals surface area contributed by atoms with E-state index in [4.69, 9.17) is 15.9 Å². The van der Waals surface area contributed by atoms with Gasteiger partial charge in [-0.05, 0) is 30.7 Å². The molecule has 0 amide bonds. The first kappa shape index (κ1) is 13.9. The normalized spacial score (nSPS) is 10.6. The van der Waals surface area contributed by atoms with E-state index in [0.717, 1.165) is 11.3 Å². The molecule has 0 saturated carbocycles. The molecule has 0 atom stereocenters. The fraction of sp³-hybridized carbons (Fsp3) is 0.267. The van der Waals surface area contributed by atoms with Gasteiger partial charge in [-0.15, -0.1) is 12.3 Å². The van der Waals surface area contributed by atoms with E-state index in [1.807, 2.05) is 24.3 Å². The molecule has 0 aromatic heterocycles. The Morgan fingerprint density at radius 1 is 1.39 bits per heavy atom. The third-order valence-corrected chi connectivity index (χ3v) is 2.29. The molecule has 0 aliphatic carbocycles. The predicted octanol–water partition coefficient (Wildman–Crippen LogP) is 2.67. The maximum absolute atomic E-state index is 11.6. The van der Waals surface area contributed by atoms with Gasteiger partial charge in [0.2, 0.25) is 0 Å². The van der Waals surface area contributed by atoms with Crippen molar-refractivity contribution in [1.29, 1.82) is 0 Å². The minimum Gasteiger partial charge on any atom is -0.497 e. The van der Waals surface area contributed by atoms with Crippen LogP contribution in [0.1, 0.15) is 18.9 Å². The molecular weight excluding hydrogens is 228 g/mol. The largest absolute Gasteiger partial charge is 0.497 e. The molecule has 0 saturated heterocycles. The standard InChI is InChI=1S/C15H16O3/c1-4-6-13(15(16)18-5-2)11-12-7-9-14(17-3)10-8-12/h1,7-11H,5-6H2,2-3H3/b13-11+. The zero-order valence-corrected chi connectivity index (χ0v) is 10.6. The van der Waals surface area contributed by atoms with Crippen molar-refractivity contribution in [3.63, 3.8) is 0 Å². The fourth-order valence-electron chi connectivity index (χ4n) is 1.42. The van der Waals surface area contributed by atoms with Crippen molar-refractivity contribution in [2.45, 2.75) is 13.3 Å². The van der Waals surface area contributed by atoms with Crippen LogP contribution in [0.5, 0.6) is 5.75 Å². The molecule has 0 radical (unpaired) electrons. The van der Waals surface area contributed by atoms with Crippen LogP contribution in [-0.4, -0.2) is 19.7 Å². The Balaban J connectivity index is 2.93. The zero-order valence-electron chi connectivity index (χ0n) is 10.6. The monoisotopic (exact) mass is 244 g/mol. The number of carbonyl (C=O) groups is 1. The Hall–Kier alpha value is -2.21. The van der Waals surface area contributed by atoms with Crippen LogP contribution in [0, 0.1) is 12.3 Å². The highest BCUT2D eigenvalue weighted by Gasteiger charge is 2.09. The summed E-state index contributed by atoms with van der Waals surface area (Å²) < 4.78 is 10.0. The molecule has 0 aliphatic heterocycles. The third-order valence-electron chi connectivity index (χ3n) is 2.29. The van der Waals surface area contributed by atoms with Gasteiger partial charge < -0.3 is 9.47 Å². The average Bonchev–Trinajstić information content (AvgIpc) is 2.39. The predicted molar refractivity (Wildman–Crippen MR) is 71.1 cm³/mol. The summed E-state index contributed by atoms with van der Waals surface area (Å²) in [5.74, 6) is 2.85. The smallest absolute Gasteiger partial charge is 0.334 e. The number of benzene rings is 1. The highest BCUT2D eigenvalue weighted by Crippen LogP contribution is 2.15. The zero-order chi connectivity index (χ0) is 13.4. The van der Waals surface area contributed by atoms with Crippen LogP contribution < -0.4 is 4.74 Å². The second-order valence-electron chi connectivity index (χ2n) is 3.54. The Bertz CT molecular complexity index is 464. The van der Waals surface area contributed by atoms with Crippen molar-refractivity contribution >= 4 is 12.0 Å². The summed E-state index contributed by atoms with van der Waals surface area (Å²) in [5.41, 5.74) is 1.36. The van der Waals surface area contributed by atoms with Crippen molar-refractivity contribution in [3.05, 3.63) is 35.4 Å². The van der Waals surface area contributed by atoms with Gasteiger partial charge in [-0.3, -0.25) is 0 Å². The van der Waals surface area contributed by atoms with Crippen LogP contribution in [0.3, 0.4) is 0 Å². The fourth-order valence-corrected chi connectivity index (χ4v) is 1.42. The highest BCUT2D eigenvalue weighted by atomic mass is 16.5. The van der Waals surface area contributed by atoms with Gasteiger partial charge in [0.15, 0.2) is 0 Å². The first-order chi connectivity index (χ1) is 8.71. The summed E-state index contributed by atoms with van der Waals surface area (Å²) in [6, 6.07) is 7.36. The quantitative estimate of drug-likeness (QED) is 0.454. The lowest BCUT2D eigenvalue weighted by atomic mass is 10.1. The summed E-state index contributed by atoms with van der Waals surface area (Å²) in [6.45, 7) is 2.10. The van der Waals surface area contributed by atoms with Gasteiger partial charge in [-0.1, -0.05) is 12.1 Å². The topological polar surface area (TPSA) is 35.5 Å². The summed E-state index contributed by atoms with van der Waals surface area (Å²) in [5, 5.41) is 0. The van der Waals surface area contributed by atoms with E-state index in [9.17, 15) is 4.79 Å². The molecule has 0 fully saturated rings. The van der Waals surface area contributed by atoms with Crippen LogP contribution in [0.15, 0.2) is 29.8 Å². The molecule has 3 heteroatoms. The van der Waals surface area contributed by atoms with Crippen LogP contribution >= 0.6 is 0 Å². The molecular formula is C15H16O3. The average molecular weight is 244 g/mol. The molecule has 0 unspecified atom stereocenters. The van der Waals surface area contributed by atoms with Crippen LogP contribution in [0.25, 0.3) is 6.08 Å². The second-order valence-corrected chi connectivity index (χ2v) is 3.54. The van der Waals surface area contributed by atoms with Gasteiger partial charge in [-0.25, -0.2) is 4.79 Å². The maximum atomic E-state index is 11.6. The number of esters is 1. The van der Waals surface area contributed by atoms with Gasteiger partial charge in [0.05, 0.1) is 13.7 Å². The summed E-state index contributed by atoms with van der Waals surface area (Å²) in [7, 11) is 1.60. The van der Waals surface area contributed by atoms with Crippen LogP contribution in [-0.2, 0) is 9.53 Å². The number of carbonyl (C=O) groups excluding carboxylic acids is 1. The highest BCUT2D eigenvalue weighted by molar-refractivity contribution is 5.94. The number of hydrogen-bond donors (Lipinski definition) is 0. The molecule has 1 aromatic rings. The number of terminal acetylenes is 1. The van der Waals surface area contributed by atoms with E-state index < -0.39 is 0 Å². The van der Waals surface area contributed by atoms with E-state index in [-0.39, 0.29) is 12.4 Å². The van der Waals surface area contributed by atoms with Crippen molar-refractivity contribution in [3.8, 4) is 18.1 Å². The SMILES string of the molecule is C#CC/C(=C\c1ccc(OC)cc1)C(=O)OCC. The van der Waals surface area contributed by atoms with Gasteiger partial charge in [0, 0.05) is 12.0 Å². The Labute approximate surface area is 107 Å². The molecule has 0 spiro atoms. The molecule has 3 nitrogen and oxygen atoms in total. The molecule has 18 heavy (non-hydrogen) atoms. The van der Waals surface area contributed by atoms with Gasteiger partial charge in [-0.2, -0.15) is 0 Å². The van der Waals surface area contributed by atoms with Gasteiger partial charge >= 0.3 is 5.97 Å². The first-order valence-electron chi connectivity index (χ1n) is 5.66. The number of rotatable bonds is 5. The Kier molecular flexibility index (Phi) is 5.53.